The van der Waals surface area contributed by atoms with Crippen molar-refractivity contribution < 1.29 is 24.3 Å². The van der Waals surface area contributed by atoms with E-state index in [1.807, 2.05) is 0 Å². The number of hydrogen-bond acceptors (Lipinski definition) is 11. The predicted molar refractivity (Wildman–Crippen MR) is 131 cm³/mol. The Kier molecular flexibility index (Phi) is 6.90. The van der Waals surface area contributed by atoms with E-state index in [1.54, 1.807) is 30.5 Å². The molecule has 2 aliphatic rings. The molecule has 1 saturated heterocycles. The van der Waals surface area contributed by atoms with Gasteiger partial charge in [-0.1, -0.05) is 11.2 Å². The fourth-order valence-electron chi connectivity index (χ4n) is 3.41. The Labute approximate surface area is 207 Å². The van der Waals surface area contributed by atoms with E-state index in [0.717, 1.165) is 11.3 Å². The van der Waals surface area contributed by atoms with Crippen LogP contribution >= 0.6 is 35.7 Å². The second-order valence-corrected chi connectivity index (χ2v) is 9.45. The number of anilines is 1. The summed E-state index contributed by atoms with van der Waals surface area (Å²) in [5, 5.41) is 17.3. The van der Waals surface area contributed by atoms with E-state index in [2.05, 4.69) is 33.1 Å². The average molecular weight is 519 g/mol. The highest BCUT2D eigenvalue weighted by Crippen LogP contribution is 2.41. The van der Waals surface area contributed by atoms with Crippen molar-refractivity contribution in [3.05, 3.63) is 58.5 Å². The van der Waals surface area contributed by atoms with Crippen LogP contribution in [0.3, 0.4) is 0 Å². The molecular weight excluding hydrogens is 500 g/mol. The predicted octanol–water partition coefficient (Wildman–Crippen LogP) is 1.18. The fourth-order valence-corrected chi connectivity index (χ4v) is 5.55. The van der Waals surface area contributed by atoms with Crippen LogP contribution < -0.4 is 11.1 Å². The summed E-state index contributed by atoms with van der Waals surface area (Å²) in [6, 6.07) is 4.35. The number of nitrogens with zero attached hydrogens (tertiary/aromatic N) is 4. The largest absolute Gasteiger partial charge is 0.477 e. The highest BCUT2D eigenvalue weighted by molar-refractivity contribution is 8.00. The lowest BCUT2D eigenvalue weighted by Gasteiger charge is -2.49. The maximum absolute atomic E-state index is 12.9. The number of aliphatic carboxylic acids is 1. The second-order valence-electron chi connectivity index (χ2n) is 6.98. The van der Waals surface area contributed by atoms with Gasteiger partial charge >= 0.3 is 5.97 Å². The Morgan fingerprint density at radius 2 is 2.21 bits per heavy atom. The molecule has 0 aromatic carbocycles. The molecule has 0 spiro atoms. The molecule has 2 atom stereocenters. The summed E-state index contributed by atoms with van der Waals surface area (Å²) < 4.78 is 0. The summed E-state index contributed by atoms with van der Waals surface area (Å²) >= 11 is 6.88. The van der Waals surface area contributed by atoms with Crippen molar-refractivity contribution in [2.75, 3.05) is 18.6 Å². The number of β-lactam (4-membered cyclic amide) rings is 1. The van der Waals surface area contributed by atoms with Gasteiger partial charge in [0.15, 0.2) is 10.8 Å². The Bertz CT molecular complexity index is 1240. The molecule has 0 saturated carbocycles. The van der Waals surface area contributed by atoms with Crippen molar-refractivity contribution in [2.24, 2.45) is 5.16 Å². The first-order valence-corrected chi connectivity index (χ1v) is 12.1. The molecule has 2 unspecified atom stereocenters. The number of aromatic nitrogens is 2. The lowest BCUT2D eigenvalue weighted by Crippen LogP contribution is -2.71. The van der Waals surface area contributed by atoms with Gasteiger partial charge < -0.3 is 21.0 Å². The molecule has 0 bridgehead atoms. The van der Waals surface area contributed by atoms with Crippen LogP contribution in [0, 0.1) is 0 Å². The zero-order chi connectivity index (χ0) is 24.4. The number of carbonyl (C=O) groups is 3. The van der Waals surface area contributed by atoms with Gasteiger partial charge in [0.2, 0.25) is 0 Å². The topological polar surface area (TPSA) is 160 Å². The van der Waals surface area contributed by atoms with E-state index in [0.29, 0.717) is 21.9 Å². The van der Waals surface area contributed by atoms with Crippen molar-refractivity contribution in [1.29, 1.82) is 0 Å². The third-order valence-electron chi connectivity index (χ3n) is 4.89. The number of thiazole rings is 1. The number of hydrogen-bond donors (Lipinski definition) is 4. The van der Waals surface area contributed by atoms with Crippen LogP contribution in [0.15, 0.2) is 52.3 Å². The summed E-state index contributed by atoms with van der Waals surface area (Å²) in [6.45, 7) is 0. The molecule has 176 valence electrons. The van der Waals surface area contributed by atoms with Gasteiger partial charge in [-0.2, -0.15) is 0 Å². The molecule has 1 fully saturated rings. The van der Waals surface area contributed by atoms with Crippen LogP contribution in [-0.2, 0) is 19.2 Å². The lowest BCUT2D eigenvalue weighted by atomic mass is 10.0. The zero-order valence-electron chi connectivity index (χ0n) is 17.5. The summed E-state index contributed by atoms with van der Waals surface area (Å²) in [4.78, 5) is 52.4. The van der Waals surface area contributed by atoms with Crippen molar-refractivity contribution >= 4 is 69.3 Å². The van der Waals surface area contributed by atoms with E-state index in [1.165, 1.54) is 29.2 Å². The van der Waals surface area contributed by atoms with E-state index in [9.17, 15) is 19.5 Å². The lowest BCUT2D eigenvalue weighted by molar-refractivity contribution is -0.150. The average Bonchev–Trinajstić information content (AvgIpc) is 3.26. The van der Waals surface area contributed by atoms with E-state index >= 15 is 0 Å². The van der Waals surface area contributed by atoms with E-state index in [4.69, 9.17) is 10.6 Å². The first-order valence-electron chi connectivity index (χ1n) is 9.68. The minimum absolute atomic E-state index is 0.143. The first-order chi connectivity index (χ1) is 16.3. The molecule has 0 radical (unpaired) electrons. The Morgan fingerprint density at radius 3 is 2.82 bits per heavy atom. The second kappa shape index (κ2) is 9.87. The molecule has 4 heterocycles. The van der Waals surface area contributed by atoms with Crippen LogP contribution in [-0.4, -0.2) is 67.7 Å². The monoisotopic (exact) mass is 518 g/mol. The molecule has 11 nitrogen and oxygen atoms in total. The number of oxime groups is 1. The number of nitrogens with one attached hydrogen (secondary N) is 1. The van der Waals surface area contributed by atoms with Crippen LogP contribution in [0.25, 0.3) is 4.91 Å². The van der Waals surface area contributed by atoms with Crippen molar-refractivity contribution in [1.82, 2.24) is 20.2 Å². The minimum Gasteiger partial charge on any atom is -0.477 e. The number of carboxylic acid groups (broad SMARTS) is 1. The highest BCUT2D eigenvalue weighted by atomic mass is 32.2. The first kappa shape index (κ1) is 23.8. The number of amides is 2. The van der Waals surface area contributed by atoms with Gasteiger partial charge in [0.1, 0.15) is 29.9 Å². The summed E-state index contributed by atoms with van der Waals surface area (Å²) in [5.74, 6) is -2.20. The van der Waals surface area contributed by atoms with E-state index in [-0.39, 0.29) is 22.2 Å². The number of thiol groups is 1. The SMILES string of the molecule is CON=C(C(=O)NC1C(=O)N2C(C(=O)O)=C(C=C(S)c3ccccn3)CSC12)c1csc(N)n1. The molecule has 2 aromatic heterocycles. The van der Waals surface area contributed by atoms with Gasteiger partial charge in [-0.05, 0) is 23.8 Å². The molecule has 4 N–H and O–H groups in total. The molecule has 0 aliphatic carbocycles. The zero-order valence-corrected chi connectivity index (χ0v) is 20.1. The van der Waals surface area contributed by atoms with Crippen molar-refractivity contribution in [3.63, 3.8) is 0 Å². The third-order valence-corrected chi connectivity index (χ3v) is 7.22. The molecule has 4 rings (SSSR count). The number of pyridine rings is 1. The minimum atomic E-state index is -1.25. The molecular formula is C20H18N6O5S3. The number of fused-ring (bicyclic) bond motifs is 1. The third kappa shape index (κ3) is 4.51. The number of nitrogens with two attached hydrogens (primary N) is 1. The summed E-state index contributed by atoms with van der Waals surface area (Å²) in [5.41, 5.74) is 6.53. The van der Waals surface area contributed by atoms with Crippen molar-refractivity contribution in [2.45, 2.75) is 11.4 Å². The van der Waals surface area contributed by atoms with Crippen molar-refractivity contribution in [3.8, 4) is 0 Å². The summed E-state index contributed by atoms with van der Waals surface area (Å²) in [7, 11) is 1.27. The van der Waals surface area contributed by atoms with Gasteiger partial charge in [0.05, 0.1) is 5.69 Å². The summed E-state index contributed by atoms with van der Waals surface area (Å²) in [6.07, 6.45) is 3.19. The molecule has 34 heavy (non-hydrogen) atoms. The molecule has 2 amide bonds. The quantitative estimate of drug-likeness (QED) is 0.183. The normalized spacial score (nSPS) is 20.5. The Balaban J connectivity index is 1.56. The number of nitrogen functional groups attached to an aromatic ring is 1. The van der Waals surface area contributed by atoms with Gasteiger partial charge in [-0.3, -0.25) is 19.5 Å². The number of allylic oxidation sites excluding steroid dienone is 1. The van der Waals surface area contributed by atoms with Crippen LogP contribution in [0.5, 0.6) is 0 Å². The van der Waals surface area contributed by atoms with Gasteiger partial charge in [0.25, 0.3) is 11.8 Å². The maximum atomic E-state index is 12.9. The molecule has 14 heteroatoms. The smallest absolute Gasteiger partial charge is 0.352 e. The number of carbonyl (C=O) groups excluding carboxylic acids is 2. The number of carboxylic acids is 1. The number of thioether (sulfide) groups is 1. The Hall–Kier alpha value is -3.36. The van der Waals surface area contributed by atoms with Gasteiger partial charge in [-0.25, -0.2) is 9.78 Å². The maximum Gasteiger partial charge on any atom is 0.352 e. The van der Waals surface area contributed by atoms with Crippen LogP contribution in [0.4, 0.5) is 5.13 Å². The van der Waals surface area contributed by atoms with Gasteiger partial charge in [0, 0.05) is 22.2 Å². The van der Waals surface area contributed by atoms with Crippen LogP contribution in [0.1, 0.15) is 11.4 Å². The highest BCUT2D eigenvalue weighted by Gasteiger charge is 2.54. The van der Waals surface area contributed by atoms with E-state index < -0.39 is 29.2 Å². The van der Waals surface area contributed by atoms with Crippen LogP contribution in [0.2, 0.25) is 0 Å². The Morgan fingerprint density at radius 1 is 1.41 bits per heavy atom. The molecule has 2 aliphatic heterocycles. The fraction of sp³-hybridized carbons (Fsp3) is 0.200. The molecule has 2 aromatic rings. The van der Waals surface area contributed by atoms with Gasteiger partial charge in [-0.15, -0.1) is 35.7 Å². The number of rotatable bonds is 7. The standard InChI is InChI=1S/C20H18N6O5S3/c1-31-25-13(11-8-34-20(21)23-11)16(27)24-14-17(28)26-15(19(29)30)9(7-33-18(14)26)6-12(32)10-4-2-3-5-22-10/h2-6,8,14,18,32H,7H2,1H3,(H2,21,23)(H,24,27)(H,29,30).